The molecule has 1 unspecified atom stereocenters. The van der Waals surface area contributed by atoms with Gasteiger partial charge in [0.15, 0.2) is 0 Å². The summed E-state index contributed by atoms with van der Waals surface area (Å²) in [5, 5.41) is 48.3. The van der Waals surface area contributed by atoms with Crippen molar-refractivity contribution in [3.63, 3.8) is 0 Å². The number of benzene rings is 1. The maximum atomic E-state index is 9.98. The van der Waals surface area contributed by atoms with Crippen LogP contribution in [0.1, 0.15) is 12.5 Å². The molecule has 0 amide bonds. The van der Waals surface area contributed by atoms with Gasteiger partial charge < -0.3 is 39.7 Å². The lowest BCUT2D eigenvalue weighted by Crippen LogP contribution is -2.60. The third-order valence-electron chi connectivity index (χ3n) is 4.12. The highest BCUT2D eigenvalue weighted by atomic mass is 16.7. The number of hydrogen-bond acceptors (Lipinski definition) is 8. The SMILES string of the molecule is CC1=CC(O)Oc2cc(O[C@H]3O[C@@H](CO)[C@@H](O)[C@@H](O)[C@@H]3O)ccc21. The average molecular weight is 340 g/mol. The van der Waals surface area contributed by atoms with Gasteiger partial charge in [0.1, 0.15) is 35.9 Å². The Morgan fingerprint density at radius 1 is 1.08 bits per heavy atom. The van der Waals surface area contributed by atoms with Gasteiger partial charge >= 0.3 is 0 Å². The Balaban J connectivity index is 1.79. The van der Waals surface area contributed by atoms with Crippen LogP contribution < -0.4 is 9.47 Å². The van der Waals surface area contributed by atoms with Crippen LogP contribution in [0.3, 0.4) is 0 Å². The third-order valence-corrected chi connectivity index (χ3v) is 4.12. The minimum atomic E-state index is -1.51. The van der Waals surface area contributed by atoms with Crippen molar-refractivity contribution in [3.05, 3.63) is 29.8 Å². The number of hydrogen-bond donors (Lipinski definition) is 5. The number of allylic oxidation sites excluding steroid dienone is 1. The fourth-order valence-corrected chi connectivity index (χ4v) is 2.77. The van der Waals surface area contributed by atoms with E-state index in [1.165, 1.54) is 6.07 Å². The maximum absolute atomic E-state index is 9.98. The Kier molecular flexibility index (Phi) is 4.77. The van der Waals surface area contributed by atoms with Crippen molar-refractivity contribution in [1.82, 2.24) is 0 Å². The van der Waals surface area contributed by atoms with Gasteiger partial charge in [0.25, 0.3) is 0 Å². The van der Waals surface area contributed by atoms with Crippen LogP contribution in [0.25, 0.3) is 5.57 Å². The van der Waals surface area contributed by atoms with Gasteiger partial charge in [0.2, 0.25) is 12.6 Å². The van der Waals surface area contributed by atoms with Crippen LogP contribution in [0.2, 0.25) is 0 Å². The van der Waals surface area contributed by atoms with Gasteiger partial charge in [-0.1, -0.05) is 0 Å². The molecule has 1 aromatic rings. The molecule has 2 heterocycles. The molecule has 132 valence electrons. The molecule has 1 aromatic carbocycles. The number of aliphatic hydroxyl groups is 5. The summed E-state index contributed by atoms with van der Waals surface area (Å²) in [6.07, 6.45) is -6.26. The molecule has 3 rings (SSSR count). The Hall–Kier alpha value is -1.68. The fraction of sp³-hybridized carbons (Fsp3) is 0.500. The van der Waals surface area contributed by atoms with E-state index in [2.05, 4.69) is 0 Å². The Morgan fingerprint density at radius 2 is 1.83 bits per heavy atom. The molecule has 0 aromatic heterocycles. The Labute approximate surface area is 138 Å². The van der Waals surface area contributed by atoms with Crippen LogP contribution in [0.15, 0.2) is 24.3 Å². The lowest BCUT2D eigenvalue weighted by molar-refractivity contribution is -0.277. The smallest absolute Gasteiger partial charge is 0.229 e. The summed E-state index contributed by atoms with van der Waals surface area (Å²) in [5.41, 5.74) is 1.64. The number of ether oxygens (including phenoxy) is 3. The topological polar surface area (TPSA) is 129 Å². The predicted octanol–water partition coefficient (Wildman–Crippen LogP) is -1.02. The first kappa shape index (κ1) is 17.2. The van der Waals surface area contributed by atoms with Crippen LogP contribution >= 0.6 is 0 Å². The molecule has 2 aliphatic rings. The van der Waals surface area contributed by atoms with Gasteiger partial charge in [0.05, 0.1) is 6.61 Å². The summed E-state index contributed by atoms with van der Waals surface area (Å²) in [5.74, 6) is 0.685. The van der Waals surface area contributed by atoms with E-state index in [9.17, 15) is 25.5 Å². The summed E-state index contributed by atoms with van der Waals surface area (Å²) < 4.78 is 16.1. The standard InChI is InChI=1S/C16H20O8/c1-7-4-12(18)23-10-5-8(2-3-9(7)10)22-16-15(21)14(20)13(19)11(6-17)24-16/h2-5,11-21H,6H2,1H3/t11-,12?,13+,14+,15-,16-/m0/s1. The van der Waals surface area contributed by atoms with Gasteiger partial charge in [-0.15, -0.1) is 0 Å². The van der Waals surface area contributed by atoms with Crippen molar-refractivity contribution in [2.45, 2.75) is 43.9 Å². The lowest BCUT2D eigenvalue weighted by Gasteiger charge is -2.39. The Bertz CT molecular complexity index is 629. The van der Waals surface area contributed by atoms with E-state index in [1.807, 2.05) is 6.92 Å². The number of aliphatic hydroxyl groups excluding tert-OH is 5. The van der Waals surface area contributed by atoms with Gasteiger partial charge in [-0.2, -0.15) is 0 Å². The van der Waals surface area contributed by atoms with E-state index in [4.69, 9.17) is 14.2 Å². The molecule has 24 heavy (non-hydrogen) atoms. The van der Waals surface area contributed by atoms with Crippen LogP contribution in [-0.4, -0.2) is 69.1 Å². The highest BCUT2D eigenvalue weighted by Gasteiger charge is 2.44. The minimum Gasteiger partial charge on any atom is -0.462 e. The van der Waals surface area contributed by atoms with E-state index >= 15 is 0 Å². The van der Waals surface area contributed by atoms with Gasteiger partial charge in [-0.25, -0.2) is 0 Å². The molecular weight excluding hydrogens is 320 g/mol. The molecule has 8 nitrogen and oxygen atoms in total. The summed E-state index contributed by atoms with van der Waals surface area (Å²) in [7, 11) is 0. The monoisotopic (exact) mass is 340 g/mol. The van der Waals surface area contributed by atoms with Crippen molar-refractivity contribution < 1.29 is 39.7 Å². The molecule has 8 heteroatoms. The average Bonchev–Trinajstić information content (AvgIpc) is 2.55. The maximum Gasteiger partial charge on any atom is 0.229 e. The van der Waals surface area contributed by atoms with Gasteiger partial charge in [0, 0.05) is 11.6 Å². The zero-order valence-electron chi connectivity index (χ0n) is 12.9. The molecule has 0 aliphatic carbocycles. The Morgan fingerprint density at radius 3 is 2.54 bits per heavy atom. The first-order chi connectivity index (χ1) is 11.4. The molecule has 0 spiro atoms. The van der Waals surface area contributed by atoms with E-state index in [-0.39, 0.29) is 5.75 Å². The van der Waals surface area contributed by atoms with Crippen LogP contribution in [-0.2, 0) is 4.74 Å². The third kappa shape index (κ3) is 3.12. The lowest BCUT2D eigenvalue weighted by atomic mass is 9.99. The van der Waals surface area contributed by atoms with Crippen LogP contribution in [0.5, 0.6) is 11.5 Å². The fourth-order valence-electron chi connectivity index (χ4n) is 2.77. The zero-order chi connectivity index (χ0) is 17.4. The first-order valence-corrected chi connectivity index (χ1v) is 7.55. The molecule has 0 bridgehead atoms. The number of rotatable bonds is 3. The van der Waals surface area contributed by atoms with Crippen LogP contribution in [0, 0.1) is 0 Å². The molecule has 5 N–H and O–H groups in total. The summed E-state index contributed by atoms with van der Waals surface area (Å²) in [6, 6.07) is 4.88. The largest absolute Gasteiger partial charge is 0.462 e. The quantitative estimate of drug-likeness (QED) is 0.473. The van der Waals surface area contributed by atoms with Crippen molar-refractivity contribution in [3.8, 4) is 11.5 Å². The van der Waals surface area contributed by atoms with Gasteiger partial charge in [-0.3, -0.25) is 0 Å². The van der Waals surface area contributed by atoms with E-state index < -0.39 is 43.6 Å². The van der Waals surface area contributed by atoms with Gasteiger partial charge in [-0.05, 0) is 30.7 Å². The molecule has 1 fully saturated rings. The van der Waals surface area contributed by atoms with Crippen molar-refractivity contribution in [2.24, 2.45) is 0 Å². The van der Waals surface area contributed by atoms with E-state index in [0.29, 0.717) is 5.75 Å². The van der Waals surface area contributed by atoms with Crippen LogP contribution in [0.4, 0.5) is 0 Å². The highest BCUT2D eigenvalue weighted by molar-refractivity contribution is 5.71. The first-order valence-electron chi connectivity index (χ1n) is 7.55. The number of fused-ring (bicyclic) bond motifs is 1. The molecule has 0 saturated carbocycles. The van der Waals surface area contributed by atoms with Crippen molar-refractivity contribution in [2.75, 3.05) is 6.61 Å². The van der Waals surface area contributed by atoms with E-state index in [0.717, 1.165) is 11.1 Å². The molecule has 1 saturated heterocycles. The highest BCUT2D eigenvalue weighted by Crippen LogP contribution is 2.35. The van der Waals surface area contributed by atoms with Crippen molar-refractivity contribution in [1.29, 1.82) is 0 Å². The minimum absolute atomic E-state index is 0.278. The summed E-state index contributed by atoms with van der Waals surface area (Å²) >= 11 is 0. The second-order valence-electron chi connectivity index (χ2n) is 5.83. The molecule has 6 atom stereocenters. The predicted molar refractivity (Wildman–Crippen MR) is 81.1 cm³/mol. The molecule has 2 aliphatic heterocycles. The normalized spacial score (nSPS) is 35.7. The molecule has 0 radical (unpaired) electrons. The van der Waals surface area contributed by atoms with Crippen molar-refractivity contribution >= 4 is 5.57 Å². The summed E-state index contributed by atoms with van der Waals surface area (Å²) in [6.45, 7) is 1.30. The van der Waals surface area contributed by atoms with E-state index in [1.54, 1.807) is 18.2 Å². The second kappa shape index (κ2) is 6.67. The molecular formula is C16H20O8. The zero-order valence-corrected chi connectivity index (χ0v) is 12.9. The second-order valence-corrected chi connectivity index (χ2v) is 5.83. The summed E-state index contributed by atoms with van der Waals surface area (Å²) in [4.78, 5) is 0.